The van der Waals surface area contributed by atoms with Crippen LogP contribution in [0.5, 0.6) is 11.6 Å². The molecule has 0 bridgehead atoms. The standard InChI is InChI=1S/C18H22N2O/c1-3-15-10-14(12-19-16-6-7-16)11-18(20-15)21-17-8-4-13(2)5-9-17/h4-5,8-11,16,19H,3,6-7,12H2,1-2H3. The molecule has 0 aliphatic heterocycles. The zero-order valence-corrected chi connectivity index (χ0v) is 12.7. The van der Waals surface area contributed by atoms with Crippen LogP contribution in [-0.2, 0) is 13.0 Å². The molecular weight excluding hydrogens is 260 g/mol. The summed E-state index contributed by atoms with van der Waals surface area (Å²) in [5, 5.41) is 3.54. The predicted molar refractivity (Wildman–Crippen MR) is 84.7 cm³/mol. The molecule has 1 aliphatic rings. The zero-order chi connectivity index (χ0) is 14.7. The first-order valence-electron chi connectivity index (χ1n) is 7.70. The number of hydrogen-bond donors (Lipinski definition) is 1. The zero-order valence-electron chi connectivity index (χ0n) is 12.7. The van der Waals surface area contributed by atoms with Gasteiger partial charge in [0.25, 0.3) is 0 Å². The number of pyridine rings is 1. The van der Waals surface area contributed by atoms with Crippen molar-refractivity contribution in [2.24, 2.45) is 0 Å². The quantitative estimate of drug-likeness (QED) is 0.869. The van der Waals surface area contributed by atoms with E-state index < -0.39 is 0 Å². The van der Waals surface area contributed by atoms with E-state index in [1.807, 2.05) is 18.2 Å². The Hall–Kier alpha value is -1.87. The maximum atomic E-state index is 5.90. The minimum Gasteiger partial charge on any atom is -0.439 e. The number of hydrogen-bond acceptors (Lipinski definition) is 3. The lowest BCUT2D eigenvalue weighted by Gasteiger charge is -2.10. The third-order valence-electron chi connectivity index (χ3n) is 3.69. The summed E-state index contributed by atoms with van der Waals surface area (Å²) in [6.45, 7) is 5.09. The molecule has 0 atom stereocenters. The molecule has 3 nitrogen and oxygen atoms in total. The molecule has 1 aromatic carbocycles. The molecule has 1 N–H and O–H groups in total. The van der Waals surface area contributed by atoms with Crippen molar-refractivity contribution in [1.29, 1.82) is 0 Å². The van der Waals surface area contributed by atoms with Crippen molar-refractivity contribution in [3.05, 3.63) is 53.2 Å². The van der Waals surface area contributed by atoms with Gasteiger partial charge in [0.2, 0.25) is 5.88 Å². The minimum atomic E-state index is 0.686. The van der Waals surface area contributed by atoms with Gasteiger partial charge in [-0.25, -0.2) is 4.98 Å². The van der Waals surface area contributed by atoms with Crippen LogP contribution in [0.1, 0.15) is 36.6 Å². The van der Waals surface area contributed by atoms with E-state index in [2.05, 4.69) is 42.3 Å². The van der Waals surface area contributed by atoms with Crippen LogP contribution >= 0.6 is 0 Å². The van der Waals surface area contributed by atoms with Crippen molar-refractivity contribution < 1.29 is 4.74 Å². The van der Waals surface area contributed by atoms with Gasteiger partial charge >= 0.3 is 0 Å². The summed E-state index contributed by atoms with van der Waals surface area (Å²) < 4.78 is 5.90. The monoisotopic (exact) mass is 282 g/mol. The average molecular weight is 282 g/mol. The summed E-state index contributed by atoms with van der Waals surface area (Å²) >= 11 is 0. The van der Waals surface area contributed by atoms with Gasteiger partial charge in [-0.15, -0.1) is 0 Å². The van der Waals surface area contributed by atoms with Crippen LogP contribution < -0.4 is 10.1 Å². The van der Waals surface area contributed by atoms with E-state index in [0.717, 1.165) is 24.4 Å². The summed E-state index contributed by atoms with van der Waals surface area (Å²) in [5.41, 5.74) is 3.55. The molecule has 3 heteroatoms. The third kappa shape index (κ3) is 4.05. The fraction of sp³-hybridized carbons (Fsp3) is 0.389. The molecule has 21 heavy (non-hydrogen) atoms. The van der Waals surface area contributed by atoms with Gasteiger partial charge < -0.3 is 10.1 Å². The normalized spacial score (nSPS) is 14.2. The molecule has 2 aromatic rings. The van der Waals surface area contributed by atoms with Gasteiger partial charge in [-0.2, -0.15) is 0 Å². The van der Waals surface area contributed by atoms with Crippen molar-refractivity contribution in [2.75, 3.05) is 0 Å². The highest BCUT2D eigenvalue weighted by Gasteiger charge is 2.20. The summed E-state index contributed by atoms with van der Waals surface area (Å²) in [4.78, 5) is 4.56. The van der Waals surface area contributed by atoms with Crippen molar-refractivity contribution >= 4 is 0 Å². The van der Waals surface area contributed by atoms with Crippen LogP contribution in [0.15, 0.2) is 36.4 Å². The van der Waals surface area contributed by atoms with Crippen LogP contribution in [0, 0.1) is 6.92 Å². The van der Waals surface area contributed by atoms with Gasteiger partial charge in [0.05, 0.1) is 0 Å². The third-order valence-corrected chi connectivity index (χ3v) is 3.69. The van der Waals surface area contributed by atoms with Crippen LogP contribution in [0.4, 0.5) is 0 Å². The van der Waals surface area contributed by atoms with E-state index in [0.29, 0.717) is 11.9 Å². The first kappa shape index (κ1) is 14.1. The van der Waals surface area contributed by atoms with Gasteiger partial charge in [-0.3, -0.25) is 0 Å². The Bertz CT molecular complexity index is 603. The predicted octanol–water partition coefficient (Wildman–Crippen LogP) is 4.00. The number of aryl methyl sites for hydroxylation is 2. The van der Waals surface area contributed by atoms with Gasteiger partial charge in [-0.1, -0.05) is 24.6 Å². The van der Waals surface area contributed by atoms with Crippen LogP contribution in [0.2, 0.25) is 0 Å². The molecule has 0 saturated heterocycles. The molecule has 0 amide bonds. The summed E-state index contributed by atoms with van der Waals surface area (Å²) in [5.74, 6) is 1.52. The molecule has 1 fully saturated rings. The molecule has 110 valence electrons. The summed E-state index contributed by atoms with van der Waals surface area (Å²) in [6, 6.07) is 13.0. The molecule has 1 heterocycles. The SMILES string of the molecule is CCc1cc(CNC2CC2)cc(Oc2ccc(C)cc2)n1. The molecule has 1 aromatic heterocycles. The van der Waals surface area contributed by atoms with Crippen LogP contribution in [0.25, 0.3) is 0 Å². The Labute approximate surface area is 126 Å². The number of nitrogens with zero attached hydrogens (tertiary/aromatic N) is 1. The second kappa shape index (κ2) is 6.27. The summed E-state index contributed by atoms with van der Waals surface area (Å²) in [7, 11) is 0. The van der Waals surface area contributed by atoms with E-state index in [9.17, 15) is 0 Å². The number of ether oxygens (including phenoxy) is 1. The molecule has 1 saturated carbocycles. The van der Waals surface area contributed by atoms with Gasteiger partial charge in [0.1, 0.15) is 5.75 Å². The number of rotatable bonds is 6. The van der Waals surface area contributed by atoms with E-state index in [-0.39, 0.29) is 0 Å². The second-order valence-corrected chi connectivity index (χ2v) is 5.73. The topological polar surface area (TPSA) is 34.1 Å². The van der Waals surface area contributed by atoms with E-state index in [4.69, 9.17) is 4.74 Å². The Morgan fingerprint density at radius 2 is 1.95 bits per heavy atom. The van der Waals surface area contributed by atoms with Crippen LogP contribution in [-0.4, -0.2) is 11.0 Å². The maximum absolute atomic E-state index is 5.90. The Morgan fingerprint density at radius 3 is 2.62 bits per heavy atom. The Kier molecular flexibility index (Phi) is 4.20. The lowest BCUT2D eigenvalue weighted by molar-refractivity contribution is 0.459. The minimum absolute atomic E-state index is 0.686. The first-order valence-corrected chi connectivity index (χ1v) is 7.70. The number of aromatic nitrogens is 1. The number of benzene rings is 1. The lowest BCUT2D eigenvalue weighted by atomic mass is 10.2. The van der Waals surface area contributed by atoms with Crippen molar-refractivity contribution in [3.8, 4) is 11.6 Å². The van der Waals surface area contributed by atoms with Crippen molar-refractivity contribution in [2.45, 2.75) is 45.7 Å². The molecular formula is C18H22N2O. The first-order chi connectivity index (χ1) is 10.2. The van der Waals surface area contributed by atoms with Gasteiger partial charge in [-0.05, 0) is 49.9 Å². The number of nitrogens with one attached hydrogen (secondary N) is 1. The highest BCUT2D eigenvalue weighted by Crippen LogP contribution is 2.23. The van der Waals surface area contributed by atoms with Gasteiger partial charge in [0.15, 0.2) is 0 Å². The molecule has 1 aliphatic carbocycles. The van der Waals surface area contributed by atoms with Gasteiger partial charge in [0, 0.05) is 24.3 Å². The van der Waals surface area contributed by atoms with E-state index >= 15 is 0 Å². The summed E-state index contributed by atoms with van der Waals surface area (Å²) in [6.07, 6.45) is 3.53. The van der Waals surface area contributed by atoms with Crippen molar-refractivity contribution in [3.63, 3.8) is 0 Å². The molecule has 0 radical (unpaired) electrons. The van der Waals surface area contributed by atoms with Crippen molar-refractivity contribution in [1.82, 2.24) is 10.3 Å². The Balaban J connectivity index is 1.75. The van der Waals surface area contributed by atoms with E-state index in [1.165, 1.54) is 24.0 Å². The highest BCUT2D eigenvalue weighted by molar-refractivity contribution is 5.32. The Morgan fingerprint density at radius 1 is 1.19 bits per heavy atom. The second-order valence-electron chi connectivity index (χ2n) is 5.73. The molecule has 3 rings (SSSR count). The lowest BCUT2D eigenvalue weighted by Crippen LogP contribution is -2.15. The van der Waals surface area contributed by atoms with Crippen LogP contribution in [0.3, 0.4) is 0 Å². The smallest absolute Gasteiger partial charge is 0.219 e. The molecule has 0 unspecified atom stereocenters. The largest absolute Gasteiger partial charge is 0.439 e. The van der Waals surface area contributed by atoms with E-state index in [1.54, 1.807) is 0 Å². The average Bonchev–Trinajstić information content (AvgIpc) is 3.31. The molecule has 0 spiro atoms. The highest BCUT2D eigenvalue weighted by atomic mass is 16.5. The fourth-order valence-electron chi connectivity index (χ4n) is 2.23. The fourth-order valence-corrected chi connectivity index (χ4v) is 2.23. The maximum Gasteiger partial charge on any atom is 0.219 e.